The van der Waals surface area contributed by atoms with E-state index in [1.54, 1.807) is 21.6 Å². The number of hydrogen-bond donors (Lipinski definition) is 2. The molecule has 4 nitrogen and oxygen atoms in total. The molecule has 0 aliphatic heterocycles. The number of carbonyl (C=O) groups is 2. The molecule has 0 rings (SSSR count). The first-order chi connectivity index (χ1) is 7.45. The summed E-state index contributed by atoms with van der Waals surface area (Å²) < 4.78 is 0. The molecule has 16 heavy (non-hydrogen) atoms. The summed E-state index contributed by atoms with van der Waals surface area (Å²) in [6, 6.07) is 0. The van der Waals surface area contributed by atoms with Crippen LogP contribution in [0.15, 0.2) is 0 Å². The van der Waals surface area contributed by atoms with Crippen molar-refractivity contribution in [2.24, 2.45) is 11.5 Å². The van der Waals surface area contributed by atoms with Crippen molar-refractivity contribution >= 4 is 65.3 Å². The lowest BCUT2D eigenvalue weighted by Gasteiger charge is -2.06. The highest BCUT2D eigenvalue weighted by Gasteiger charge is 2.11. The standard InChI is InChI=1S/C8H14Br2N2O2S2/c9-5(7(11)13)1-3-15-16-4-2-6(10)8(12)14/h5-6H,1-4H2,(H2,11,13)(H2,12,14). The molecule has 2 atom stereocenters. The lowest BCUT2D eigenvalue weighted by Crippen LogP contribution is -2.23. The summed E-state index contributed by atoms with van der Waals surface area (Å²) in [6.45, 7) is 0. The smallest absolute Gasteiger partial charge is 0.231 e. The van der Waals surface area contributed by atoms with Gasteiger partial charge in [0.2, 0.25) is 11.8 Å². The fourth-order valence-corrected chi connectivity index (χ4v) is 3.95. The molecule has 94 valence electrons. The van der Waals surface area contributed by atoms with Gasteiger partial charge in [-0.2, -0.15) is 0 Å². The number of amides is 2. The van der Waals surface area contributed by atoms with Crippen molar-refractivity contribution < 1.29 is 9.59 Å². The van der Waals surface area contributed by atoms with Gasteiger partial charge in [-0.25, -0.2) is 0 Å². The Balaban J connectivity index is 3.34. The Hall–Kier alpha value is 0.600. The maximum atomic E-state index is 10.7. The van der Waals surface area contributed by atoms with Gasteiger partial charge in [-0.05, 0) is 12.8 Å². The monoisotopic (exact) mass is 392 g/mol. The maximum Gasteiger partial charge on any atom is 0.231 e. The normalized spacial score (nSPS) is 14.4. The zero-order valence-corrected chi connectivity index (χ0v) is 13.3. The first-order valence-corrected chi connectivity index (χ1v) is 8.88. The van der Waals surface area contributed by atoms with Crippen molar-refractivity contribution in [1.82, 2.24) is 0 Å². The molecule has 0 spiro atoms. The number of hydrogen-bond acceptors (Lipinski definition) is 4. The van der Waals surface area contributed by atoms with Crippen LogP contribution in [-0.4, -0.2) is 33.0 Å². The van der Waals surface area contributed by atoms with E-state index in [1.807, 2.05) is 0 Å². The summed E-state index contributed by atoms with van der Waals surface area (Å²) in [4.78, 5) is 20.9. The fraction of sp³-hybridized carbons (Fsp3) is 0.750. The summed E-state index contributed by atoms with van der Waals surface area (Å²) in [5.41, 5.74) is 10.2. The number of halogens is 2. The molecule has 2 amide bonds. The average molecular weight is 394 g/mol. The van der Waals surface area contributed by atoms with Gasteiger partial charge in [0.25, 0.3) is 0 Å². The van der Waals surface area contributed by atoms with Gasteiger partial charge in [-0.3, -0.25) is 9.59 Å². The van der Waals surface area contributed by atoms with Crippen LogP contribution in [0.1, 0.15) is 12.8 Å². The second-order valence-electron chi connectivity index (χ2n) is 2.96. The summed E-state index contributed by atoms with van der Waals surface area (Å²) in [6.07, 6.45) is 1.42. The third-order valence-corrected chi connectivity index (χ3v) is 5.90. The third-order valence-electron chi connectivity index (χ3n) is 1.61. The second kappa shape index (κ2) is 9.61. The molecule has 2 unspecified atom stereocenters. The second-order valence-corrected chi connectivity index (χ2v) is 7.87. The Morgan fingerprint density at radius 1 is 0.938 bits per heavy atom. The predicted octanol–water partition coefficient (Wildman–Crippen LogP) is 1.65. The van der Waals surface area contributed by atoms with E-state index in [4.69, 9.17) is 11.5 Å². The van der Waals surface area contributed by atoms with E-state index in [9.17, 15) is 9.59 Å². The van der Waals surface area contributed by atoms with Gasteiger partial charge in [-0.1, -0.05) is 53.4 Å². The highest BCUT2D eigenvalue weighted by atomic mass is 79.9. The van der Waals surface area contributed by atoms with Crippen molar-refractivity contribution in [2.45, 2.75) is 22.5 Å². The van der Waals surface area contributed by atoms with E-state index in [0.717, 1.165) is 11.5 Å². The summed E-state index contributed by atoms with van der Waals surface area (Å²) >= 11 is 6.38. The molecule has 0 aromatic carbocycles. The lowest BCUT2D eigenvalue weighted by atomic mass is 10.3. The Morgan fingerprint density at radius 2 is 1.25 bits per heavy atom. The van der Waals surface area contributed by atoms with Gasteiger partial charge in [0.1, 0.15) is 0 Å². The zero-order chi connectivity index (χ0) is 12.6. The first kappa shape index (κ1) is 16.6. The quantitative estimate of drug-likeness (QED) is 0.354. The zero-order valence-electron chi connectivity index (χ0n) is 8.53. The van der Waals surface area contributed by atoms with E-state index in [2.05, 4.69) is 31.9 Å². The van der Waals surface area contributed by atoms with Crippen molar-refractivity contribution in [3.8, 4) is 0 Å². The molecule has 0 saturated carbocycles. The van der Waals surface area contributed by atoms with Crippen LogP contribution in [0.25, 0.3) is 0 Å². The Kier molecular flexibility index (Phi) is 9.97. The van der Waals surface area contributed by atoms with Gasteiger partial charge in [0, 0.05) is 11.5 Å². The minimum absolute atomic E-state index is 0.254. The lowest BCUT2D eigenvalue weighted by molar-refractivity contribution is -0.118. The fourth-order valence-electron chi connectivity index (χ4n) is 0.706. The third kappa shape index (κ3) is 8.72. The molecule has 4 N–H and O–H groups in total. The highest BCUT2D eigenvalue weighted by Crippen LogP contribution is 2.25. The molecule has 0 aliphatic rings. The molecule has 8 heteroatoms. The van der Waals surface area contributed by atoms with Crippen LogP contribution in [-0.2, 0) is 9.59 Å². The predicted molar refractivity (Wildman–Crippen MR) is 78.0 cm³/mol. The van der Waals surface area contributed by atoms with Crippen molar-refractivity contribution in [1.29, 1.82) is 0 Å². The van der Waals surface area contributed by atoms with Crippen LogP contribution < -0.4 is 11.5 Å². The molecule has 0 heterocycles. The van der Waals surface area contributed by atoms with Crippen LogP contribution in [0.3, 0.4) is 0 Å². The molecule has 0 radical (unpaired) electrons. The molecular formula is C8H14Br2N2O2S2. The van der Waals surface area contributed by atoms with Crippen molar-refractivity contribution in [3.05, 3.63) is 0 Å². The van der Waals surface area contributed by atoms with E-state index in [1.165, 1.54) is 0 Å². The number of alkyl halides is 2. The van der Waals surface area contributed by atoms with E-state index >= 15 is 0 Å². The number of carbonyl (C=O) groups excluding carboxylic acids is 2. The minimum atomic E-state index is -0.333. The Bertz CT molecular complexity index is 220. The number of nitrogens with two attached hydrogens (primary N) is 2. The largest absolute Gasteiger partial charge is 0.369 e. The van der Waals surface area contributed by atoms with Crippen LogP contribution in [0.4, 0.5) is 0 Å². The molecular weight excluding hydrogens is 380 g/mol. The van der Waals surface area contributed by atoms with Crippen LogP contribution in [0.2, 0.25) is 0 Å². The first-order valence-electron chi connectivity index (χ1n) is 4.56. The molecule has 0 aromatic heterocycles. The van der Waals surface area contributed by atoms with Gasteiger partial charge < -0.3 is 11.5 Å². The average Bonchev–Trinajstić information content (AvgIpc) is 2.21. The van der Waals surface area contributed by atoms with Crippen LogP contribution in [0.5, 0.6) is 0 Å². The molecule has 0 bridgehead atoms. The summed E-state index contributed by atoms with van der Waals surface area (Å²) in [7, 11) is 3.32. The van der Waals surface area contributed by atoms with Crippen molar-refractivity contribution in [3.63, 3.8) is 0 Å². The van der Waals surface area contributed by atoms with Gasteiger partial charge in [0.05, 0.1) is 9.65 Å². The number of primary amides is 2. The van der Waals surface area contributed by atoms with Gasteiger partial charge >= 0.3 is 0 Å². The van der Waals surface area contributed by atoms with Crippen LogP contribution in [0, 0.1) is 0 Å². The molecule has 0 aliphatic carbocycles. The summed E-state index contributed by atoms with van der Waals surface area (Å²) in [5, 5.41) is 0. The van der Waals surface area contributed by atoms with Gasteiger partial charge in [-0.15, -0.1) is 0 Å². The van der Waals surface area contributed by atoms with E-state index < -0.39 is 0 Å². The van der Waals surface area contributed by atoms with E-state index in [-0.39, 0.29) is 21.5 Å². The molecule has 0 fully saturated rings. The topological polar surface area (TPSA) is 86.2 Å². The maximum absolute atomic E-state index is 10.7. The Labute approximate surface area is 120 Å². The van der Waals surface area contributed by atoms with Crippen molar-refractivity contribution in [2.75, 3.05) is 11.5 Å². The summed E-state index contributed by atoms with van der Waals surface area (Å²) in [5.74, 6) is 1.01. The SMILES string of the molecule is NC(=O)C(Br)CCSSCCC(Br)C(N)=O. The Morgan fingerprint density at radius 3 is 1.50 bits per heavy atom. The van der Waals surface area contributed by atoms with E-state index in [0.29, 0.717) is 12.8 Å². The minimum Gasteiger partial charge on any atom is -0.369 e. The highest BCUT2D eigenvalue weighted by molar-refractivity contribution is 9.10. The molecule has 0 saturated heterocycles. The molecule has 0 aromatic rings. The number of rotatable bonds is 9. The van der Waals surface area contributed by atoms with Crippen LogP contribution >= 0.6 is 53.4 Å². The van der Waals surface area contributed by atoms with Gasteiger partial charge in [0.15, 0.2) is 0 Å².